The lowest BCUT2D eigenvalue weighted by atomic mass is 10.3. The van der Waals surface area contributed by atoms with Crippen LogP contribution in [0.5, 0.6) is 0 Å². The van der Waals surface area contributed by atoms with Crippen LogP contribution >= 0.6 is 0 Å². The normalized spacial score (nSPS) is 10.6. The number of alkyl halides is 3. The number of urea groups is 1. The lowest BCUT2D eigenvalue weighted by Gasteiger charge is -2.06. The Hall–Kier alpha value is -1.63. The fourth-order valence-electron chi connectivity index (χ4n) is 1.45. The third-order valence-electron chi connectivity index (χ3n) is 2.66. The molecule has 0 bridgehead atoms. The molecule has 2 amide bonds. The third-order valence-corrected chi connectivity index (χ3v) is 2.66. The number of hydrogen-bond acceptors (Lipinski definition) is 7. The number of hydrogen-bond donors (Lipinski definition) is 6. The summed E-state index contributed by atoms with van der Waals surface area (Å²) in [5, 5.41) is 16.3. The Bertz CT molecular complexity index is 346. The van der Waals surface area contributed by atoms with Gasteiger partial charge >= 0.3 is 18.2 Å². The molecule has 25 heavy (non-hydrogen) atoms. The molecule has 0 heterocycles. The van der Waals surface area contributed by atoms with Crippen LogP contribution in [0.2, 0.25) is 0 Å². The van der Waals surface area contributed by atoms with E-state index in [-0.39, 0.29) is 0 Å². The second kappa shape index (κ2) is 17.2. The lowest BCUT2D eigenvalue weighted by molar-refractivity contribution is -0.272. The van der Waals surface area contributed by atoms with Crippen molar-refractivity contribution >= 4 is 12.0 Å². The summed E-state index contributed by atoms with van der Waals surface area (Å²) >= 11 is 0. The second-order valence-electron chi connectivity index (χ2n) is 4.87. The molecule has 0 unspecified atom stereocenters. The molecule has 0 saturated heterocycles. The highest BCUT2D eigenvalue weighted by atomic mass is 19.4. The monoisotopic (exact) mass is 375 g/mol. The van der Waals surface area contributed by atoms with Gasteiger partial charge in [-0.3, -0.25) is 4.89 Å². The van der Waals surface area contributed by atoms with Gasteiger partial charge in [0.25, 0.3) is 0 Å². The molecule has 0 atom stereocenters. The molecular weight excluding hydrogens is 347 g/mol. The van der Waals surface area contributed by atoms with Crippen molar-refractivity contribution in [3.63, 3.8) is 0 Å². The molecule has 0 aromatic heterocycles. The molecule has 0 aliphatic rings. The lowest BCUT2D eigenvalue weighted by Crippen LogP contribution is -2.31. The topological polar surface area (TPSA) is 152 Å². The highest BCUT2D eigenvalue weighted by Crippen LogP contribution is 2.15. The number of rotatable bonds is 12. The Balaban J connectivity index is 0. The Labute approximate surface area is 144 Å². The van der Waals surface area contributed by atoms with Crippen LogP contribution in [-0.2, 0) is 9.68 Å². The molecule has 0 radical (unpaired) electrons. The molecule has 12 heteroatoms. The Morgan fingerprint density at radius 2 is 1.40 bits per heavy atom. The van der Waals surface area contributed by atoms with Crippen LogP contribution in [0.1, 0.15) is 25.7 Å². The van der Waals surface area contributed by atoms with E-state index >= 15 is 0 Å². The van der Waals surface area contributed by atoms with E-state index in [0.717, 1.165) is 45.6 Å². The van der Waals surface area contributed by atoms with Gasteiger partial charge in [0.05, 0.1) is 0 Å². The highest BCUT2D eigenvalue weighted by molar-refractivity contribution is 5.74. The van der Waals surface area contributed by atoms with Crippen molar-refractivity contribution < 1.29 is 32.9 Å². The third kappa shape index (κ3) is 22.4. The van der Waals surface area contributed by atoms with E-state index in [1.807, 2.05) is 0 Å². The standard InChI is InChI=1S/C11H27N5O.C2HF3O3/c12-5-3-8-14-6-1-2-7-15-9-4-10-16-11(13)17;3-2(4,5)1(6)8-7/h14-15H,1-10,12H2,(H3,13,16,17);7H. The first-order valence-electron chi connectivity index (χ1n) is 7.83. The maximum absolute atomic E-state index is 10.8. The van der Waals surface area contributed by atoms with E-state index in [0.29, 0.717) is 6.54 Å². The predicted molar refractivity (Wildman–Crippen MR) is 85.6 cm³/mol. The van der Waals surface area contributed by atoms with Crippen LogP contribution in [0.3, 0.4) is 0 Å². The average molecular weight is 375 g/mol. The first kappa shape index (κ1) is 25.6. The Morgan fingerprint density at radius 3 is 1.76 bits per heavy atom. The van der Waals surface area contributed by atoms with Gasteiger partial charge in [-0.2, -0.15) is 18.4 Å². The van der Waals surface area contributed by atoms with E-state index in [1.54, 1.807) is 0 Å². The number of primary amides is 1. The van der Waals surface area contributed by atoms with Crippen molar-refractivity contribution in [3.8, 4) is 0 Å². The first-order valence-corrected chi connectivity index (χ1v) is 7.83. The predicted octanol–water partition coefficient (Wildman–Crippen LogP) is -0.0821. The summed E-state index contributed by atoms with van der Waals surface area (Å²) in [5.74, 6) is -2.61. The van der Waals surface area contributed by atoms with E-state index in [4.69, 9.17) is 16.7 Å². The maximum Gasteiger partial charge on any atom is 0.494 e. The molecule has 0 aromatic carbocycles. The maximum atomic E-state index is 10.8. The average Bonchev–Trinajstić information content (AvgIpc) is 2.54. The van der Waals surface area contributed by atoms with Crippen molar-refractivity contribution in [2.75, 3.05) is 39.3 Å². The van der Waals surface area contributed by atoms with Crippen molar-refractivity contribution in [2.45, 2.75) is 31.9 Å². The summed E-state index contributed by atoms with van der Waals surface area (Å²) in [6, 6.07) is -0.450. The molecule has 0 aliphatic carbocycles. The molecule has 0 aliphatic heterocycles. The second-order valence-corrected chi connectivity index (χ2v) is 4.87. The molecule has 0 fully saturated rings. The molecule has 0 aromatic rings. The molecule has 0 saturated carbocycles. The van der Waals surface area contributed by atoms with Crippen LogP contribution in [0.25, 0.3) is 0 Å². The van der Waals surface area contributed by atoms with Gasteiger partial charge in [-0.15, -0.1) is 0 Å². The zero-order valence-corrected chi connectivity index (χ0v) is 14.0. The zero-order chi connectivity index (χ0) is 19.6. The molecule has 8 N–H and O–H groups in total. The van der Waals surface area contributed by atoms with Gasteiger partial charge in [0.15, 0.2) is 0 Å². The van der Waals surface area contributed by atoms with Gasteiger partial charge in [0, 0.05) is 6.54 Å². The van der Waals surface area contributed by atoms with E-state index in [1.165, 1.54) is 12.8 Å². The van der Waals surface area contributed by atoms with Crippen LogP contribution in [0.4, 0.5) is 18.0 Å². The molecule has 0 spiro atoms. The number of unbranched alkanes of at least 4 members (excludes halogenated alkanes) is 1. The summed E-state index contributed by atoms with van der Waals surface area (Å²) in [7, 11) is 0. The number of amides is 2. The van der Waals surface area contributed by atoms with Crippen LogP contribution in [0.15, 0.2) is 0 Å². The number of carbonyl (C=O) groups excluding carboxylic acids is 2. The quantitative estimate of drug-likeness (QED) is 0.158. The molecule has 9 nitrogen and oxygen atoms in total. The number of nitrogens with one attached hydrogen (secondary N) is 3. The summed E-state index contributed by atoms with van der Waals surface area (Å²) in [5.41, 5.74) is 10.3. The molecular formula is C13H28F3N5O4. The molecule has 0 rings (SSSR count). The van der Waals surface area contributed by atoms with Crippen molar-refractivity contribution in [2.24, 2.45) is 11.5 Å². The summed E-state index contributed by atoms with van der Waals surface area (Å²) < 4.78 is 32.4. The van der Waals surface area contributed by atoms with Gasteiger partial charge < -0.3 is 27.4 Å². The largest absolute Gasteiger partial charge is 0.494 e. The van der Waals surface area contributed by atoms with Gasteiger partial charge in [0.1, 0.15) is 0 Å². The van der Waals surface area contributed by atoms with E-state index in [9.17, 15) is 22.8 Å². The highest BCUT2D eigenvalue weighted by Gasteiger charge is 2.41. The van der Waals surface area contributed by atoms with Gasteiger partial charge in [-0.05, 0) is 58.4 Å². The zero-order valence-electron chi connectivity index (χ0n) is 14.0. The summed E-state index contributed by atoms with van der Waals surface area (Å²) in [4.78, 5) is 21.9. The Morgan fingerprint density at radius 1 is 0.920 bits per heavy atom. The van der Waals surface area contributed by atoms with Crippen molar-refractivity contribution in [1.82, 2.24) is 16.0 Å². The first-order chi connectivity index (χ1) is 11.8. The van der Waals surface area contributed by atoms with Gasteiger partial charge in [-0.25, -0.2) is 9.59 Å². The molecule has 150 valence electrons. The van der Waals surface area contributed by atoms with Crippen molar-refractivity contribution in [3.05, 3.63) is 0 Å². The van der Waals surface area contributed by atoms with E-state index < -0.39 is 18.2 Å². The van der Waals surface area contributed by atoms with Gasteiger partial charge in [0.2, 0.25) is 0 Å². The number of carbonyl (C=O) groups is 2. The minimum atomic E-state index is -5.10. The van der Waals surface area contributed by atoms with Crippen LogP contribution in [-0.4, -0.2) is 62.7 Å². The Kier molecular flexibility index (Phi) is 17.6. The minimum absolute atomic E-state index is 0.450. The number of halogens is 3. The van der Waals surface area contributed by atoms with E-state index in [2.05, 4.69) is 20.8 Å². The SMILES string of the molecule is NCCCNCCCCNCCCNC(N)=O.O=C(OO)C(F)(F)F. The summed E-state index contributed by atoms with van der Waals surface area (Å²) in [6.45, 7) is 5.42. The smallest absolute Gasteiger partial charge is 0.352 e. The van der Waals surface area contributed by atoms with Crippen molar-refractivity contribution in [1.29, 1.82) is 0 Å². The van der Waals surface area contributed by atoms with Crippen LogP contribution in [0, 0.1) is 0 Å². The fraction of sp³-hybridized carbons (Fsp3) is 0.846. The van der Waals surface area contributed by atoms with Gasteiger partial charge in [-0.1, -0.05) is 0 Å². The fourth-order valence-corrected chi connectivity index (χ4v) is 1.45. The summed E-state index contributed by atoms with van der Waals surface area (Å²) in [6.07, 6.45) is -0.798. The van der Waals surface area contributed by atoms with Crippen LogP contribution < -0.4 is 27.4 Å². The minimum Gasteiger partial charge on any atom is -0.352 e. The number of nitrogens with two attached hydrogens (primary N) is 2.